The highest BCUT2D eigenvalue weighted by Gasteiger charge is 2.26. The maximum Gasteiger partial charge on any atom is 0.183 e. The van der Waals surface area contributed by atoms with E-state index in [0.29, 0.717) is 12.0 Å². The van der Waals surface area contributed by atoms with E-state index >= 15 is 0 Å². The molecule has 90 valence electrons. The molecule has 0 spiro atoms. The molecule has 1 aromatic heterocycles. The van der Waals surface area contributed by atoms with Crippen LogP contribution in [0.15, 0.2) is 10.8 Å². The first kappa shape index (κ1) is 11.5. The fraction of sp³-hybridized carbons (Fsp3) is 0.750. The van der Waals surface area contributed by atoms with Crippen LogP contribution in [0.4, 0.5) is 5.82 Å². The topological polar surface area (TPSA) is 41.3 Å². The molecule has 0 aliphatic carbocycles. The number of piperazine rings is 1. The fourth-order valence-electron chi connectivity index (χ4n) is 2.37. The second-order valence-electron chi connectivity index (χ2n) is 4.91. The van der Waals surface area contributed by atoms with Crippen LogP contribution in [0.1, 0.15) is 26.0 Å². The highest BCUT2D eigenvalue weighted by molar-refractivity contribution is 5.43. The first-order valence-electron chi connectivity index (χ1n) is 6.06. The smallest absolute Gasteiger partial charge is 0.183 e. The zero-order valence-corrected chi connectivity index (χ0v) is 10.4. The molecule has 1 aliphatic heterocycles. The number of anilines is 1. The van der Waals surface area contributed by atoms with E-state index < -0.39 is 0 Å². The van der Waals surface area contributed by atoms with Crippen LogP contribution in [0.5, 0.6) is 0 Å². The average molecular weight is 223 g/mol. The summed E-state index contributed by atoms with van der Waals surface area (Å²) in [6, 6.07) is 0.539. The summed E-state index contributed by atoms with van der Waals surface area (Å²) < 4.78 is 5.30. The molecule has 0 amide bonds. The Hall–Kier alpha value is -1.03. The van der Waals surface area contributed by atoms with Crippen molar-refractivity contribution in [3.63, 3.8) is 0 Å². The number of hydrogen-bond acceptors (Lipinski definition) is 4. The summed E-state index contributed by atoms with van der Waals surface area (Å²) in [4.78, 5) is 6.71. The molecule has 2 rings (SSSR count). The molecule has 16 heavy (non-hydrogen) atoms. The third-order valence-electron chi connectivity index (χ3n) is 3.09. The van der Waals surface area contributed by atoms with E-state index in [4.69, 9.17) is 4.42 Å². The largest absolute Gasteiger partial charge is 0.446 e. The van der Waals surface area contributed by atoms with Crippen molar-refractivity contribution in [2.75, 3.05) is 24.5 Å². The summed E-state index contributed by atoms with van der Waals surface area (Å²) >= 11 is 0. The van der Waals surface area contributed by atoms with Gasteiger partial charge in [0.1, 0.15) is 5.76 Å². The molecular weight excluding hydrogens is 202 g/mol. The van der Waals surface area contributed by atoms with Crippen LogP contribution in [0.2, 0.25) is 0 Å². The van der Waals surface area contributed by atoms with Crippen LogP contribution < -0.4 is 10.2 Å². The molecule has 0 saturated carbocycles. The van der Waals surface area contributed by atoms with Crippen LogP contribution >= 0.6 is 0 Å². The Balaban J connectivity index is 2.13. The Morgan fingerprint density at radius 3 is 3.06 bits per heavy atom. The lowest BCUT2D eigenvalue weighted by atomic mass is 10.0. The molecule has 1 aromatic rings. The highest BCUT2D eigenvalue weighted by Crippen LogP contribution is 2.23. The van der Waals surface area contributed by atoms with E-state index in [1.807, 2.05) is 6.92 Å². The number of aromatic nitrogens is 1. The van der Waals surface area contributed by atoms with Crippen molar-refractivity contribution in [3.05, 3.63) is 12.2 Å². The number of aryl methyl sites for hydroxylation is 1. The number of nitrogens with one attached hydrogen (secondary N) is 1. The van der Waals surface area contributed by atoms with Crippen molar-refractivity contribution in [1.82, 2.24) is 10.3 Å². The highest BCUT2D eigenvalue weighted by atomic mass is 16.3. The van der Waals surface area contributed by atoms with E-state index in [0.717, 1.165) is 31.2 Å². The zero-order chi connectivity index (χ0) is 11.5. The van der Waals surface area contributed by atoms with Crippen LogP contribution in [0.25, 0.3) is 0 Å². The molecule has 4 nitrogen and oxygen atoms in total. The van der Waals surface area contributed by atoms with Gasteiger partial charge in [0.25, 0.3) is 0 Å². The lowest BCUT2D eigenvalue weighted by molar-refractivity contribution is 0.403. The standard InChI is InChI=1S/C12H21N3O/c1-9(2)6-11-7-13-4-5-15(11)12-10(3)16-8-14-12/h8-9,11,13H,4-7H2,1-3H3. The van der Waals surface area contributed by atoms with E-state index in [-0.39, 0.29) is 0 Å². The van der Waals surface area contributed by atoms with Crippen molar-refractivity contribution >= 4 is 5.82 Å². The lowest BCUT2D eigenvalue weighted by Crippen LogP contribution is -2.52. The first-order chi connectivity index (χ1) is 7.68. The van der Waals surface area contributed by atoms with E-state index in [1.54, 1.807) is 6.39 Å². The Kier molecular flexibility index (Phi) is 3.49. The van der Waals surface area contributed by atoms with Gasteiger partial charge in [-0.05, 0) is 19.3 Å². The molecular formula is C12H21N3O. The molecule has 4 heteroatoms. The van der Waals surface area contributed by atoms with Crippen molar-refractivity contribution in [2.24, 2.45) is 5.92 Å². The molecule has 2 heterocycles. The Morgan fingerprint density at radius 2 is 2.44 bits per heavy atom. The number of oxazole rings is 1. The second kappa shape index (κ2) is 4.87. The summed E-state index contributed by atoms with van der Waals surface area (Å²) in [5.74, 6) is 2.66. The maximum atomic E-state index is 5.30. The van der Waals surface area contributed by atoms with Gasteiger partial charge in [-0.2, -0.15) is 4.98 Å². The average Bonchev–Trinajstić information content (AvgIpc) is 2.64. The Morgan fingerprint density at radius 1 is 1.62 bits per heavy atom. The molecule has 1 atom stereocenters. The van der Waals surface area contributed by atoms with Gasteiger partial charge in [0, 0.05) is 25.7 Å². The van der Waals surface area contributed by atoms with Crippen LogP contribution in [-0.2, 0) is 0 Å². The van der Waals surface area contributed by atoms with Gasteiger partial charge < -0.3 is 14.6 Å². The van der Waals surface area contributed by atoms with Gasteiger partial charge in [0.2, 0.25) is 0 Å². The quantitative estimate of drug-likeness (QED) is 0.848. The molecule has 0 bridgehead atoms. The summed E-state index contributed by atoms with van der Waals surface area (Å²) in [6.07, 6.45) is 2.73. The zero-order valence-electron chi connectivity index (χ0n) is 10.4. The summed E-state index contributed by atoms with van der Waals surface area (Å²) in [5, 5.41) is 3.45. The van der Waals surface area contributed by atoms with Crippen LogP contribution in [0.3, 0.4) is 0 Å². The van der Waals surface area contributed by atoms with Crippen molar-refractivity contribution in [3.8, 4) is 0 Å². The number of rotatable bonds is 3. The maximum absolute atomic E-state index is 5.30. The third-order valence-corrected chi connectivity index (χ3v) is 3.09. The van der Waals surface area contributed by atoms with Crippen LogP contribution in [-0.4, -0.2) is 30.7 Å². The van der Waals surface area contributed by atoms with E-state index in [2.05, 4.69) is 29.0 Å². The molecule has 1 fully saturated rings. The van der Waals surface area contributed by atoms with Gasteiger partial charge >= 0.3 is 0 Å². The van der Waals surface area contributed by atoms with Crippen LogP contribution in [0, 0.1) is 12.8 Å². The molecule has 1 unspecified atom stereocenters. The van der Waals surface area contributed by atoms with Crippen molar-refractivity contribution in [1.29, 1.82) is 0 Å². The van der Waals surface area contributed by atoms with Gasteiger partial charge in [-0.3, -0.25) is 0 Å². The third kappa shape index (κ3) is 2.38. The number of nitrogens with zero attached hydrogens (tertiary/aromatic N) is 2. The first-order valence-corrected chi connectivity index (χ1v) is 6.06. The number of hydrogen-bond donors (Lipinski definition) is 1. The van der Waals surface area contributed by atoms with Gasteiger partial charge in [-0.15, -0.1) is 0 Å². The predicted molar refractivity (Wildman–Crippen MR) is 64.7 cm³/mol. The molecule has 1 aliphatic rings. The lowest BCUT2D eigenvalue weighted by Gasteiger charge is -2.37. The molecule has 1 saturated heterocycles. The predicted octanol–water partition coefficient (Wildman–Crippen LogP) is 1.81. The molecule has 1 N–H and O–H groups in total. The monoisotopic (exact) mass is 223 g/mol. The fourth-order valence-corrected chi connectivity index (χ4v) is 2.37. The minimum Gasteiger partial charge on any atom is -0.446 e. The van der Waals surface area contributed by atoms with Gasteiger partial charge in [0.05, 0.1) is 0 Å². The Bertz CT molecular complexity index is 335. The second-order valence-corrected chi connectivity index (χ2v) is 4.91. The summed E-state index contributed by atoms with van der Waals surface area (Å²) in [6.45, 7) is 9.61. The normalized spacial score (nSPS) is 21.8. The summed E-state index contributed by atoms with van der Waals surface area (Å²) in [5.41, 5.74) is 0. The molecule has 0 radical (unpaired) electrons. The molecule has 0 aromatic carbocycles. The van der Waals surface area contributed by atoms with E-state index in [9.17, 15) is 0 Å². The van der Waals surface area contributed by atoms with E-state index in [1.165, 1.54) is 6.42 Å². The van der Waals surface area contributed by atoms with Gasteiger partial charge in [-0.1, -0.05) is 13.8 Å². The van der Waals surface area contributed by atoms with Gasteiger partial charge in [-0.25, -0.2) is 0 Å². The SMILES string of the molecule is Cc1ocnc1N1CCNCC1CC(C)C. The summed E-state index contributed by atoms with van der Waals surface area (Å²) in [7, 11) is 0. The Labute approximate surface area is 97.0 Å². The minimum atomic E-state index is 0.539. The van der Waals surface area contributed by atoms with Crippen molar-refractivity contribution < 1.29 is 4.42 Å². The van der Waals surface area contributed by atoms with Gasteiger partial charge in [0.15, 0.2) is 12.2 Å². The van der Waals surface area contributed by atoms with Crippen molar-refractivity contribution in [2.45, 2.75) is 33.2 Å². The minimum absolute atomic E-state index is 0.539.